The fraction of sp³-hybridized carbons (Fsp3) is 0.273. The summed E-state index contributed by atoms with van der Waals surface area (Å²) in [5.41, 5.74) is 5.72. The normalized spacial score (nSPS) is 13.2. The van der Waals surface area contributed by atoms with Crippen LogP contribution in [0.1, 0.15) is 17.3 Å². The molecule has 1 aromatic rings. The quantitative estimate of drug-likeness (QED) is 0.343. The lowest BCUT2D eigenvalue weighted by Gasteiger charge is -2.11. The molecule has 5 nitrogen and oxygen atoms in total. The SMILES string of the molecule is CC(CNC(=O)c1ccc(Cl)cc1Cl)/C(N)=N/O. The number of rotatable bonds is 4. The van der Waals surface area contributed by atoms with Crippen molar-refractivity contribution in [3.63, 3.8) is 0 Å². The minimum Gasteiger partial charge on any atom is -0.409 e. The van der Waals surface area contributed by atoms with Gasteiger partial charge < -0.3 is 16.3 Å². The van der Waals surface area contributed by atoms with Crippen LogP contribution in [0.2, 0.25) is 10.0 Å². The molecule has 0 aliphatic rings. The van der Waals surface area contributed by atoms with Gasteiger partial charge in [0.15, 0.2) is 0 Å². The van der Waals surface area contributed by atoms with Gasteiger partial charge in [0.2, 0.25) is 0 Å². The summed E-state index contributed by atoms with van der Waals surface area (Å²) < 4.78 is 0. The first kappa shape index (κ1) is 14.6. The van der Waals surface area contributed by atoms with Crippen LogP contribution < -0.4 is 11.1 Å². The van der Waals surface area contributed by atoms with E-state index in [1.165, 1.54) is 12.1 Å². The summed E-state index contributed by atoms with van der Waals surface area (Å²) in [5.74, 6) is -0.559. The highest BCUT2D eigenvalue weighted by atomic mass is 35.5. The molecule has 18 heavy (non-hydrogen) atoms. The van der Waals surface area contributed by atoms with E-state index in [1.807, 2.05) is 0 Å². The molecule has 1 rings (SSSR count). The second-order valence-electron chi connectivity index (χ2n) is 3.76. The van der Waals surface area contributed by atoms with Gasteiger partial charge in [0.05, 0.1) is 10.6 Å². The van der Waals surface area contributed by atoms with Crippen molar-refractivity contribution in [2.24, 2.45) is 16.8 Å². The van der Waals surface area contributed by atoms with Gasteiger partial charge in [-0.2, -0.15) is 0 Å². The van der Waals surface area contributed by atoms with Gasteiger partial charge in [-0.3, -0.25) is 4.79 Å². The van der Waals surface area contributed by atoms with Gasteiger partial charge in [0, 0.05) is 17.5 Å². The molecule has 1 unspecified atom stereocenters. The molecular formula is C11H13Cl2N3O2. The molecule has 1 amide bonds. The van der Waals surface area contributed by atoms with Gasteiger partial charge in [-0.25, -0.2) is 0 Å². The van der Waals surface area contributed by atoms with Crippen LogP contribution in [0.25, 0.3) is 0 Å². The number of carbonyl (C=O) groups is 1. The van der Waals surface area contributed by atoms with Crippen LogP contribution in [0.5, 0.6) is 0 Å². The molecular weight excluding hydrogens is 277 g/mol. The number of nitrogens with zero attached hydrogens (tertiary/aromatic N) is 1. The predicted molar refractivity (Wildman–Crippen MR) is 71.4 cm³/mol. The van der Waals surface area contributed by atoms with Crippen molar-refractivity contribution in [2.45, 2.75) is 6.92 Å². The van der Waals surface area contributed by atoms with Crippen molar-refractivity contribution in [1.29, 1.82) is 0 Å². The van der Waals surface area contributed by atoms with Gasteiger partial charge in [0.25, 0.3) is 5.91 Å². The van der Waals surface area contributed by atoms with Gasteiger partial charge in [-0.1, -0.05) is 35.3 Å². The molecule has 7 heteroatoms. The Hall–Kier alpha value is -1.46. The summed E-state index contributed by atoms with van der Waals surface area (Å²) >= 11 is 11.6. The molecule has 0 heterocycles. The third-order valence-electron chi connectivity index (χ3n) is 2.36. The third kappa shape index (κ3) is 3.78. The molecule has 0 bridgehead atoms. The van der Waals surface area contributed by atoms with Gasteiger partial charge >= 0.3 is 0 Å². The monoisotopic (exact) mass is 289 g/mol. The van der Waals surface area contributed by atoms with E-state index in [0.29, 0.717) is 10.6 Å². The molecule has 0 radical (unpaired) electrons. The first-order valence-electron chi connectivity index (χ1n) is 5.16. The lowest BCUT2D eigenvalue weighted by molar-refractivity contribution is 0.0951. The highest BCUT2D eigenvalue weighted by Gasteiger charge is 2.13. The molecule has 0 saturated carbocycles. The Morgan fingerprint density at radius 3 is 2.78 bits per heavy atom. The molecule has 1 aromatic carbocycles. The molecule has 0 saturated heterocycles. The largest absolute Gasteiger partial charge is 0.409 e. The van der Waals surface area contributed by atoms with Crippen LogP contribution in [0.3, 0.4) is 0 Å². The predicted octanol–water partition coefficient (Wildman–Crippen LogP) is 2.11. The molecule has 4 N–H and O–H groups in total. The van der Waals surface area contributed by atoms with Crippen LogP contribution in [-0.4, -0.2) is 23.5 Å². The molecule has 1 atom stereocenters. The molecule has 0 aliphatic carbocycles. The van der Waals surface area contributed by atoms with E-state index < -0.39 is 0 Å². The van der Waals surface area contributed by atoms with E-state index in [4.69, 9.17) is 34.1 Å². The molecule has 0 aliphatic heterocycles. The molecule has 98 valence electrons. The maximum Gasteiger partial charge on any atom is 0.252 e. The number of amides is 1. The summed E-state index contributed by atoms with van der Waals surface area (Å²) in [6.07, 6.45) is 0. The molecule has 0 spiro atoms. The number of halogens is 2. The number of amidine groups is 1. The van der Waals surface area contributed by atoms with Gasteiger partial charge in [-0.05, 0) is 18.2 Å². The van der Waals surface area contributed by atoms with Crippen molar-refractivity contribution in [3.05, 3.63) is 33.8 Å². The zero-order valence-corrected chi connectivity index (χ0v) is 11.2. The topological polar surface area (TPSA) is 87.7 Å². The number of nitrogens with one attached hydrogen (secondary N) is 1. The summed E-state index contributed by atoms with van der Waals surface area (Å²) in [6.45, 7) is 1.96. The zero-order valence-electron chi connectivity index (χ0n) is 9.65. The lowest BCUT2D eigenvalue weighted by Crippen LogP contribution is -2.34. The Balaban J connectivity index is 2.66. The molecule has 0 aromatic heterocycles. The Kier molecular flexibility index (Phi) is 5.25. The van der Waals surface area contributed by atoms with E-state index in [0.717, 1.165) is 0 Å². The first-order chi connectivity index (χ1) is 8.45. The van der Waals surface area contributed by atoms with Crippen molar-refractivity contribution in [3.8, 4) is 0 Å². The van der Waals surface area contributed by atoms with Crippen molar-refractivity contribution < 1.29 is 10.0 Å². The second-order valence-corrected chi connectivity index (χ2v) is 4.60. The Morgan fingerprint density at radius 2 is 2.22 bits per heavy atom. The van der Waals surface area contributed by atoms with Gasteiger partial charge in [0.1, 0.15) is 5.84 Å². The highest BCUT2D eigenvalue weighted by molar-refractivity contribution is 6.36. The van der Waals surface area contributed by atoms with Gasteiger partial charge in [-0.15, -0.1) is 0 Å². The Morgan fingerprint density at radius 1 is 1.56 bits per heavy atom. The van der Waals surface area contributed by atoms with Crippen LogP contribution in [-0.2, 0) is 0 Å². The maximum atomic E-state index is 11.8. The number of nitrogens with two attached hydrogens (primary N) is 1. The van der Waals surface area contributed by atoms with E-state index in [9.17, 15) is 4.79 Å². The highest BCUT2D eigenvalue weighted by Crippen LogP contribution is 2.20. The number of oxime groups is 1. The van der Waals surface area contributed by atoms with E-state index in [1.54, 1.807) is 13.0 Å². The van der Waals surface area contributed by atoms with Crippen LogP contribution in [0.15, 0.2) is 23.4 Å². The average molecular weight is 290 g/mol. The van der Waals surface area contributed by atoms with Crippen LogP contribution in [0, 0.1) is 5.92 Å². The number of hydrogen-bond donors (Lipinski definition) is 3. The maximum absolute atomic E-state index is 11.8. The number of benzene rings is 1. The summed E-state index contributed by atoms with van der Waals surface area (Å²) in [7, 11) is 0. The first-order valence-corrected chi connectivity index (χ1v) is 5.92. The number of carbonyl (C=O) groups excluding carboxylic acids is 1. The summed E-state index contributed by atoms with van der Waals surface area (Å²) in [5, 5.41) is 14.7. The van der Waals surface area contributed by atoms with E-state index in [-0.39, 0.29) is 29.2 Å². The van der Waals surface area contributed by atoms with E-state index in [2.05, 4.69) is 10.5 Å². The smallest absolute Gasteiger partial charge is 0.252 e. The minimum atomic E-state index is -0.339. The fourth-order valence-corrected chi connectivity index (χ4v) is 1.71. The third-order valence-corrected chi connectivity index (χ3v) is 2.91. The second kappa shape index (κ2) is 6.47. The standard InChI is InChI=1S/C11H13Cl2N3O2/c1-6(10(14)16-18)5-15-11(17)8-3-2-7(12)4-9(8)13/h2-4,6,18H,5H2,1H3,(H2,14,16)(H,15,17). The minimum absolute atomic E-state index is 0.0532. The van der Waals surface area contributed by atoms with Crippen molar-refractivity contribution in [1.82, 2.24) is 5.32 Å². The van der Waals surface area contributed by atoms with Crippen molar-refractivity contribution >= 4 is 34.9 Å². The van der Waals surface area contributed by atoms with Crippen molar-refractivity contribution in [2.75, 3.05) is 6.54 Å². The summed E-state index contributed by atoms with van der Waals surface area (Å²) in [6, 6.07) is 4.61. The Labute approximate surface area is 115 Å². The van der Waals surface area contributed by atoms with Crippen LogP contribution in [0.4, 0.5) is 0 Å². The molecule has 0 fully saturated rings. The summed E-state index contributed by atoms with van der Waals surface area (Å²) in [4.78, 5) is 11.8. The fourth-order valence-electron chi connectivity index (χ4n) is 1.22. The lowest BCUT2D eigenvalue weighted by atomic mass is 10.1. The van der Waals surface area contributed by atoms with E-state index >= 15 is 0 Å². The number of hydrogen-bond acceptors (Lipinski definition) is 3. The van der Waals surface area contributed by atoms with Crippen LogP contribution >= 0.6 is 23.2 Å². The Bertz CT molecular complexity index is 477. The zero-order chi connectivity index (χ0) is 13.7. The average Bonchev–Trinajstić information content (AvgIpc) is 2.34.